The van der Waals surface area contributed by atoms with Crippen molar-refractivity contribution in [1.29, 1.82) is 0 Å². The van der Waals surface area contributed by atoms with E-state index in [0.717, 1.165) is 12.8 Å². The molecule has 0 saturated carbocycles. The molecular formula is C23H36N2O9. The van der Waals surface area contributed by atoms with Gasteiger partial charge >= 0.3 is 24.0 Å². The summed E-state index contributed by atoms with van der Waals surface area (Å²) in [7, 11) is 1.64. The number of aliphatic carboxylic acids is 3. The third kappa shape index (κ3) is 14.1. The van der Waals surface area contributed by atoms with Crippen LogP contribution in [0.1, 0.15) is 57.6 Å². The number of hydrogen-bond donors (Lipinski definition) is 5. The van der Waals surface area contributed by atoms with Gasteiger partial charge in [-0.25, -0.2) is 4.79 Å². The van der Waals surface area contributed by atoms with Gasteiger partial charge in [0.1, 0.15) is 0 Å². The van der Waals surface area contributed by atoms with Crippen molar-refractivity contribution in [3.8, 4) is 0 Å². The molecular weight excluding hydrogens is 448 g/mol. The SMILES string of the molecule is CCCC(=O)O.CO[C@H]1CN(C(=O)O)CC[C@H]1N[C@H](C)c1ccccc1.O=C(O)CCC(=O)O. The lowest BCUT2D eigenvalue weighted by Gasteiger charge is -2.38. The van der Waals surface area contributed by atoms with Crippen molar-refractivity contribution < 1.29 is 44.3 Å². The molecule has 0 bridgehead atoms. The second-order valence-corrected chi connectivity index (χ2v) is 7.63. The van der Waals surface area contributed by atoms with Gasteiger partial charge in [0.05, 0.1) is 25.5 Å². The van der Waals surface area contributed by atoms with Gasteiger partial charge in [-0.1, -0.05) is 37.3 Å². The van der Waals surface area contributed by atoms with Gasteiger partial charge in [-0.15, -0.1) is 0 Å². The van der Waals surface area contributed by atoms with Gasteiger partial charge in [-0.3, -0.25) is 14.4 Å². The topological polar surface area (TPSA) is 174 Å². The van der Waals surface area contributed by atoms with Gasteiger partial charge in [0.15, 0.2) is 0 Å². The van der Waals surface area contributed by atoms with E-state index in [-0.39, 0.29) is 31.0 Å². The van der Waals surface area contributed by atoms with E-state index in [1.54, 1.807) is 7.11 Å². The van der Waals surface area contributed by atoms with Gasteiger partial charge in [0.25, 0.3) is 0 Å². The van der Waals surface area contributed by atoms with Crippen LogP contribution in [0.25, 0.3) is 0 Å². The quantitative estimate of drug-likeness (QED) is 0.350. The van der Waals surface area contributed by atoms with E-state index >= 15 is 0 Å². The Morgan fingerprint density at radius 1 is 1.00 bits per heavy atom. The minimum absolute atomic E-state index is 0.106. The van der Waals surface area contributed by atoms with Crippen molar-refractivity contribution in [2.75, 3.05) is 20.2 Å². The third-order valence-electron chi connectivity index (χ3n) is 4.91. The highest BCUT2D eigenvalue weighted by molar-refractivity contribution is 5.75. The molecule has 0 aromatic heterocycles. The summed E-state index contributed by atoms with van der Waals surface area (Å²) in [4.78, 5) is 41.3. The fraction of sp³-hybridized carbons (Fsp3) is 0.565. The lowest BCUT2D eigenvalue weighted by molar-refractivity contribution is -0.143. The van der Waals surface area contributed by atoms with E-state index in [2.05, 4.69) is 24.4 Å². The van der Waals surface area contributed by atoms with Gasteiger partial charge in [0.2, 0.25) is 0 Å². The number of hydrogen-bond acceptors (Lipinski definition) is 6. The Labute approximate surface area is 199 Å². The Morgan fingerprint density at radius 2 is 1.53 bits per heavy atom. The fourth-order valence-electron chi connectivity index (χ4n) is 3.11. The molecule has 11 heteroatoms. The van der Waals surface area contributed by atoms with Crippen LogP contribution in [0.2, 0.25) is 0 Å². The van der Waals surface area contributed by atoms with Crippen LogP contribution < -0.4 is 5.32 Å². The summed E-state index contributed by atoms with van der Waals surface area (Å²) in [5, 5.41) is 36.3. The normalized spacial score (nSPS) is 17.8. The molecule has 0 radical (unpaired) electrons. The number of ether oxygens (including phenoxy) is 1. The van der Waals surface area contributed by atoms with Crippen molar-refractivity contribution in [2.45, 2.75) is 64.1 Å². The molecule has 5 N–H and O–H groups in total. The van der Waals surface area contributed by atoms with Crippen LogP contribution in [0.15, 0.2) is 30.3 Å². The number of rotatable bonds is 9. The van der Waals surface area contributed by atoms with E-state index in [1.807, 2.05) is 25.1 Å². The summed E-state index contributed by atoms with van der Waals surface area (Å²) in [5.74, 6) is -2.86. The summed E-state index contributed by atoms with van der Waals surface area (Å²) in [6.45, 7) is 4.93. The molecule has 1 aliphatic heterocycles. The van der Waals surface area contributed by atoms with Crippen molar-refractivity contribution in [3.63, 3.8) is 0 Å². The monoisotopic (exact) mass is 484 g/mol. The van der Waals surface area contributed by atoms with Gasteiger partial charge < -0.3 is 35.4 Å². The third-order valence-corrected chi connectivity index (χ3v) is 4.91. The first kappa shape index (κ1) is 30.8. The molecule has 0 aliphatic carbocycles. The Balaban J connectivity index is 0.000000643. The van der Waals surface area contributed by atoms with Crippen LogP contribution in [-0.2, 0) is 19.1 Å². The molecule has 11 nitrogen and oxygen atoms in total. The smallest absolute Gasteiger partial charge is 0.407 e. The highest BCUT2D eigenvalue weighted by atomic mass is 16.5. The van der Waals surface area contributed by atoms with Crippen molar-refractivity contribution >= 4 is 24.0 Å². The molecule has 2 rings (SSSR count). The van der Waals surface area contributed by atoms with E-state index in [1.165, 1.54) is 10.5 Å². The molecule has 1 aromatic rings. The lowest BCUT2D eigenvalue weighted by atomic mass is 9.99. The zero-order valence-electron chi connectivity index (χ0n) is 19.8. The number of amides is 1. The van der Waals surface area contributed by atoms with Crippen molar-refractivity contribution in [2.24, 2.45) is 0 Å². The maximum Gasteiger partial charge on any atom is 0.407 e. The van der Waals surface area contributed by atoms with E-state index in [0.29, 0.717) is 19.5 Å². The average Bonchev–Trinajstić information content (AvgIpc) is 2.79. The number of likely N-dealkylation sites (tertiary alicyclic amines) is 1. The van der Waals surface area contributed by atoms with Crippen molar-refractivity contribution in [1.82, 2.24) is 10.2 Å². The molecule has 34 heavy (non-hydrogen) atoms. The molecule has 1 fully saturated rings. The molecule has 0 spiro atoms. The van der Waals surface area contributed by atoms with Crippen LogP contribution in [0.4, 0.5) is 4.79 Å². The molecule has 1 heterocycles. The second-order valence-electron chi connectivity index (χ2n) is 7.63. The van der Waals surface area contributed by atoms with Gasteiger partial charge in [-0.05, 0) is 25.3 Å². The van der Waals surface area contributed by atoms with Crippen LogP contribution >= 0.6 is 0 Å². The van der Waals surface area contributed by atoms with E-state index in [9.17, 15) is 19.2 Å². The number of nitrogens with zero attached hydrogens (tertiary/aromatic N) is 1. The van der Waals surface area contributed by atoms with Crippen LogP contribution in [-0.4, -0.2) is 81.7 Å². The van der Waals surface area contributed by atoms with E-state index in [4.69, 9.17) is 25.2 Å². The molecule has 1 aliphatic rings. The average molecular weight is 485 g/mol. The number of carbonyl (C=O) groups is 4. The largest absolute Gasteiger partial charge is 0.481 e. The van der Waals surface area contributed by atoms with Crippen LogP contribution in [0, 0.1) is 0 Å². The first-order valence-electron chi connectivity index (χ1n) is 11.0. The first-order chi connectivity index (χ1) is 16.0. The Bertz CT molecular complexity index is 744. The second kappa shape index (κ2) is 17.3. The summed E-state index contributed by atoms with van der Waals surface area (Å²) in [5.41, 5.74) is 1.23. The summed E-state index contributed by atoms with van der Waals surface area (Å²) in [6.07, 6.45) is 0.217. The zero-order valence-corrected chi connectivity index (χ0v) is 19.8. The number of nitrogens with one attached hydrogen (secondary N) is 1. The number of carboxylic acid groups (broad SMARTS) is 4. The minimum atomic E-state index is -1.08. The van der Waals surface area contributed by atoms with E-state index < -0.39 is 24.0 Å². The maximum absolute atomic E-state index is 11.0. The lowest BCUT2D eigenvalue weighted by Crippen LogP contribution is -2.54. The predicted octanol–water partition coefficient (Wildman–Crippen LogP) is 2.91. The highest BCUT2D eigenvalue weighted by Crippen LogP contribution is 2.19. The van der Waals surface area contributed by atoms with Crippen molar-refractivity contribution in [3.05, 3.63) is 35.9 Å². The minimum Gasteiger partial charge on any atom is -0.481 e. The Morgan fingerprint density at radius 3 is 1.91 bits per heavy atom. The molecule has 1 saturated heterocycles. The fourth-order valence-corrected chi connectivity index (χ4v) is 3.11. The van der Waals surface area contributed by atoms with Gasteiger partial charge in [-0.2, -0.15) is 0 Å². The maximum atomic E-state index is 11.0. The standard InChI is InChI=1S/C15H22N2O3.C4H6O4.C4H8O2/c1-11(12-6-4-3-5-7-12)16-13-8-9-17(15(18)19)10-14(13)20-2;5-3(6)1-2-4(7)8;1-2-3-4(5)6/h3-7,11,13-14,16H,8-10H2,1-2H3,(H,18,19);1-2H2,(H,5,6)(H,7,8);2-3H2,1H3,(H,5,6)/t11-,13-,14+;;/m1../s1. The number of benzene rings is 1. The van der Waals surface area contributed by atoms with Crippen LogP contribution in [0.5, 0.6) is 0 Å². The Hall–Kier alpha value is -3.18. The molecule has 3 atom stereocenters. The van der Waals surface area contributed by atoms with Crippen LogP contribution in [0.3, 0.4) is 0 Å². The summed E-state index contributed by atoms with van der Waals surface area (Å²) < 4.78 is 5.45. The first-order valence-corrected chi connectivity index (χ1v) is 11.0. The summed E-state index contributed by atoms with van der Waals surface area (Å²) >= 11 is 0. The van der Waals surface area contributed by atoms with Gasteiger partial charge in [0, 0.05) is 32.2 Å². The molecule has 1 amide bonds. The highest BCUT2D eigenvalue weighted by Gasteiger charge is 2.32. The Kier molecular flexibility index (Phi) is 15.7. The molecule has 0 unspecified atom stereocenters. The molecule has 1 aromatic carbocycles. The number of carboxylic acids is 3. The zero-order chi connectivity index (χ0) is 26.1. The predicted molar refractivity (Wildman–Crippen MR) is 124 cm³/mol. The number of piperidine rings is 1. The number of methoxy groups -OCH3 is 1. The molecule has 192 valence electrons. The summed E-state index contributed by atoms with van der Waals surface area (Å²) in [6, 6.07) is 10.6.